The van der Waals surface area contributed by atoms with E-state index >= 15 is 0 Å². The first-order valence-electron chi connectivity index (χ1n) is 7.13. The number of fused-ring (bicyclic) bond motifs is 1. The summed E-state index contributed by atoms with van der Waals surface area (Å²) in [6, 6.07) is 3.74. The van der Waals surface area contributed by atoms with Gasteiger partial charge in [-0.05, 0) is 24.6 Å². The summed E-state index contributed by atoms with van der Waals surface area (Å²) in [4.78, 5) is 27.7. The molecule has 3 heterocycles. The Morgan fingerprint density at radius 1 is 1.25 bits per heavy atom. The van der Waals surface area contributed by atoms with E-state index in [0.717, 1.165) is 11.6 Å². The van der Waals surface area contributed by atoms with Gasteiger partial charge in [0.05, 0.1) is 31.6 Å². The second-order valence-corrected chi connectivity index (χ2v) is 4.99. The molecule has 124 valence electrons. The molecule has 8 heteroatoms. The van der Waals surface area contributed by atoms with Crippen molar-refractivity contribution in [3.63, 3.8) is 0 Å². The summed E-state index contributed by atoms with van der Waals surface area (Å²) in [5.41, 5.74) is 4.74. The summed E-state index contributed by atoms with van der Waals surface area (Å²) >= 11 is 0. The maximum atomic E-state index is 12.0. The van der Waals surface area contributed by atoms with Crippen LogP contribution in [-0.4, -0.2) is 28.7 Å². The van der Waals surface area contributed by atoms with E-state index in [1.54, 1.807) is 30.2 Å². The predicted octanol–water partition coefficient (Wildman–Crippen LogP) is 1.29. The summed E-state index contributed by atoms with van der Waals surface area (Å²) < 4.78 is 16.9. The van der Waals surface area contributed by atoms with Gasteiger partial charge in [0.25, 0.3) is 0 Å². The van der Waals surface area contributed by atoms with Crippen molar-refractivity contribution in [2.75, 3.05) is 12.5 Å². The second-order valence-electron chi connectivity index (χ2n) is 4.99. The lowest BCUT2D eigenvalue weighted by Crippen LogP contribution is -2.19. The SMILES string of the molecule is CO/C1=C\C(=O)Oc2cn(NCc3ccncc3)c(C)c2OC1=O. The van der Waals surface area contributed by atoms with Gasteiger partial charge in [0.1, 0.15) is 0 Å². The Kier molecular flexibility index (Phi) is 4.19. The molecule has 8 nitrogen and oxygen atoms in total. The molecule has 2 aromatic heterocycles. The van der Waals surface area contributed by atoms with Crippen LogP contribution in [0.3, 0.4) is 0 Å². The van der Waals surface area contributed by atoms with Crippen LogP contribution in [-0.2, 0) is 20.9 Å². The van der Waals surface area contributed by atoms with Gasteiger partial charge in [-0.2, -0.15) is 0 Å². The molecule has 0 spiro atoms. The Bertz CT molecular complexity index is 811. The average molecular weight is 329 g/mol. The van der Waals surface area contributed by atoms with Crippen LogP contribution in [0.2, 0.25) is 0 Å². The first kappa shape index (κ1) is 15.6. The van der Waals surface area contributed by atoms with Crippen LogP contribution < -0.4 is 14.9 Å². The molecule has 1 N–H and O–H groups in total. The standard InChI is InChI=1S/C16H15N3O5/c1-10-15-13(23-14(20)7-12(22-2)16(21)24-15)9-19(10)18-8-11-3-5-17-6-4-11/h3-7,9,18H,8H2,1-2H3/b12-7-. The fourth-order valence-corrected chi connectivity index (χ4v) is 2.19. The van der Waals surface area contributed by atoms with Crippen LogP contribution in [0.25, 0.3) is 0 Å². The van der Waals surface area contributed by atoms with Gasteiger partial charge in [-0.3, -0.25) is 9.66 Å². The zero-order chi connectivity index (χ0) is 17.1. The van der Waals surface area contributed by atoms with E-state index in [-0.39, 0.29) is 17.3 Å². The largest absolute Gasteiger partial charge is 0.490 e. The molecule has 24 heavy (non-hydrogen) atoms. The fraction of sp³-hybridized carbons (Fsp3) is 0.188. The van der Waals surface area contributed by atoms with Crippen molar-refractivity contribution in [2.45, 2.75) is 13.5 Å². The average Bonchev–Trinajstić information content (AvgIpc) is 2.85. The highest BCUT2D eigenvalue weighted by molar-refractivity contribution is 5.98. The number of carbonyl (C=O) groups excluding carboxylic acids is 2. The molecule has 0 bridgehead atoms. The number of ether oxygens (including phenoxy) is 3. The third-order valence-electron chi connectivity index (χ3n) is 3.44. The molecule has 1 aliphatic heterocycles. The van der Waals surface area contributed by atoms with E-state index in [0.29, 0.717) is 12.2 Å². The van der Waals surface area contributed by atoms with E-state index in [1.165, 1.54) is 7.11 Å². The zero-order valence-corrected chi connectivity index (χ0v) is 13.1. The topological polar surface area (TPSA) is 91.7 Å². The van der Waals surface area contributed by atoms with Crippen molar-refractivity contribution in [1.82, 2.24) is 9.66 Å². The molecule has 0 unspecified atom stereocenters. The lowest BCUT2D eigenvalue weighted by molar-refractivity contribution is -0.137. The van der Waals surface area contributed by atoms with Gasteiger partial charge in [0.2, 0.25) is 5.76 Å². The minimum atomic E-state index is -0.759. The van der Waals surface area contributed by atoms with Crippen molar-refractivity contribution >= 4 is 11.9 Å². The maximum absolute atomic E-state index is 12.0. The number of esters is 2. The van der Waals surface area contributed by atoms with Crippen LogP contribution in [0.4, 0.5) is 0 Å². The number of rotatable bonds is 4. The highest BCUT2D eigenvalue weighted by Crippen LogP contribution is 2.34. The first-order chi connectivity index (χ1) is 11.6. The third kappa shape index (κ3) is 3.07. The predicted molar refractivity (Wildman–Crippen MR) is 82.8 cm³/mol. The summed E-state index contributed by atoms with van der Waals surface area (Å²) in [7, 11) is 1.27. The molecular formula is C16H15N3O5. The van der Waals surface area contributed by atoms with E-state index in [1.807, 2.05) is 12.1 Å². The Morgan fingerprint density at radius 2 is 2.00 bits per heavy atom. The fourth-order valence-electron chi connectivity index (χ4n) is 2.19. The molecule has 0 saturated heterocycles. The van der Waals surface area contributed by atoms with Gasteiger partial charge in [0.15, 0.2) is 11.5 Å². The molecule has 0 fully saturated rings. The Morgan fingerprint density at radius 3 is 2.71 bits per heavy atom. The lowest BCUT2D eigenvalue weighted by Gasteiger charge is -2.12. The minimum absolute atomic E-state index is 0.152. The Hall–Kier alpha value is -3.29. The minimum Gasteiger partial charge on any atom is -0.490 e. The molecule has 0 radical (unpaired) electrons. The van der Waals surface area contributed by atoms with Gasteiger partial charge >= 0.3 is 11.9 Å². The number of aromatic nitrogens is 2. The van der Waals surface area contributed by atoms with E-state index in [4.69, 9.17) is 14.2 Å². The highest BCUT2D eigenvalue weighted by atomic mass is 16.6. The quantitative estimate of drug-likeness (QED) is 0.845. The summed E-state index contributed by atoms with van der Waals surface area (Å²) in [5, 5.41) is 0. The van der Waals surface area contributed by atoms with Gasteiger partial charge in [-0.25, -0.2) is 9.59 Å². The monoisotopic (exact) mass is 329 g/mol. The second kappa shape index (κ2) is 6.45. The van der Waals surface area contributed by atoms with Crippen LogP contribution in [0.15, 0.2) is 42.6 Å². The van der Waals surface area contributed by atoms with Crippen molar-refractivity contribution in [2.24, 2.45) is 0 Å². The van der Waals surface area contributed by atoms with Crippen molar-refractivity contribution in [3.8, 4) is 11.5 Å². The molecule has 0 aliphatic carbocycles. The van der Waals surface area contributed by atoms with Gasteiger partial charge in [-0.1, -0.05) is 0 Å². The number of nitrogens with one attached hydrogen (secondary N) is 1. The molecule has 0 aromatic carbocycles. The zero-order valence-electron chi connectivity index (χ0n) is 13.1. The maximum Gasteiger partial charge on any atom is 0.379 e. The van der Waals surface area contributed by atoms with Crippen LogP contribution in [0.5, 0.6) is 11.5 Å². The number of methoxy groups -OCH3 is 1. The van der Waals surface area contributed by atoms with Crippen LogP contribution in [0.1, 0.15) is 11.3 Å². The van der Waals surface area contributed by atoms with Crippen molar-refractivity contribution < 1.29 is 23.8 Å². The van der Waals surface area contributed by atoms with Crippen molar-refractivity contribution in [1.29, 1.82) is 0 Å². The molecule has 0 amide bonds. The van der Waals surface area contributed by atoms with Gasteiger partial charge in [-0.15, -0.1) is 0 Å². The van der Waals surface area contributed by atoms with Crippen LogP contribution >= 0.6 is 0 Å². The molecule has 3 rings (SSSR count). The van der Waals surface area contributed by atoms with E-state index in [2.05, 4.69) is 10.4 Å². The molecule has 1 aliphatic rings. The number of hydrogen-bond donors (Lipinski definition) is 1. The number of hydrogen-bond acceptors (Lipinski definition) is 7. The molecule has 0 saturated carbocycles. The number of carbonyl (C=O) groups is 2. The summed E-state index contributed by atoms with van der Waals surface area (Å²) in [6.07, 6.45) is 5.88. The van der Waals surface area contributed by atoms with E-state index < -0.39 is 11.9 Å². The molecule has 2 aromatic rings. The number of nitrogens with zero attached hydrogens (tertiary/aromatic N) is 2. The highest BCUT2D eigenvalue weighted by Gasteiger charge is 2.26. The van der Waals surface area contributed by atoms with E-state index in [9.17, 15) is 9.59 Å². The summed E-state index contributed by atoms with van der Waals surface area (Å²) in [6.45, 7) is 2.25. The van der Waals surface area contributed by atoms with Crippen LogP contribution in [0, 0.1) is 6.92 Å². The summed E-state index contributed by atoms with van der Waals surface area (Å²) in [5.74, 6) is -1.37. The smallest absolute Gasteiger partial charge is 0.379 e. The van der Waals surface area contributed by atoms with Gasteiger partial charge in [0, 0.05) is 12.4 Å². The Balaban J connectivity index is 1.85. The lowest BCUT2D eigenvalue weighted by atomic mass is 10.3. The first-order valence-corrected chi connectivity index (χ1v) is 7.13. The van der Waals surface area contributed by atoms with Crippen molar-refractivity contribution in [3.05, 3.63) is 53.8 Å². The number of pyridine rings is 1. The normalized spacial score (nSPS) is 16.0. The Labute approximate surface area is 137 Å². The molecule has 0 atom stereocenters. The third-order valence-corrected chi connectivity index (χ3v) is 3.44. The van der Waals surface area contributed by atoms with Gasteiger partial charge < -0.3 is 19.6 Å². The molecular weight excluding hydrogens is 314 g/mol.